The van der Waals surface area contributed by atoms with E-state index in [1.165, 1.54) is 0 Å². The van der Waals surface area contributed by atoms with Gasteiger partial charge in [0.25, 0.3) is 0 Å². The Morgan fingerprint density at radius 1 is 1.17 bits per heavy atom. The van der Waals surface area contributed by atoms with Gasteiger partial charge < -0.3 is 15.4 Å². The molecule has 2 aromatic rings. The molecule has 4 nitrogen and oxygen atoms in total. The number of benzene rings is 2. The van der Waals surface area contributed by atoms with Gasteiger partial charge >= 0.3 is 0 Å². The van der Waals surface area contributed by atoms with Crippen molar-refractivity contribution in [3.8, 4) is 5.75 Å². The topological polar surface area (TPSA) is 50.4 Å². The van der Waals surface area contributed by atoms with Crippen LogP contribution < -0.4 is 15.4 Å². The summed E-state index contributed by atoms with van der Waals surface area (Å²) in [6, 6.07) is 12.2. The maximum Gasteiger partial charge on any atom is 0.242 e. The van der Waals surface area contributed by atoms with Gasteiger partial charge in [0.2, 0.25) is 5.91 Å². The van der Waals surface area contributed by atoms with Crippen LogP contribution in [0, 0.1) is 0 Å². The number of carbonyl (C=O) groups is 1. The van der Waals surface area contributed by atoms with Gasteiger partial charge in [-0.1, -0.05) is 35.3 Å². The van der Waals surface area contributed by atoms with Crippen LogP contribution in [0.4, 0.5) is 5.69 Å². The lowest BCUT2D eigenvalue weighted by Gasteiger charge is -2.16. The minimum absolute atomic E-state index is 0.119. The summed E-state index contributed by atoms with van der Waals surface area (Å²) in [5.74, 6) is 0.666. The second-order valence-electron chi connectivity index (χ2n) is 5.06. The summed E-state index contributed by atoms with van der Waals surface area (Å²) in [7, 11) is 1.62. The van der Waals surface area contributed by atoms with Gasteiger partial charge in [-0.3, -0.25) is 4.79 Å². The number of methoxy groups -OCH3 is 1. The molecule has 2 rings (SSSR count). The molecule has 2 N–H and O–H groups in total. The summed E-state index contributed by atoms with van der Waals surface area (Å²) in [5.41, 5.74) is 1.67. The zero-order valence-electron chi connectivity index (χ0n) is 12.9. The Morgan fingerprint density at radius 3 is 2.48 bits per heavy atom. The Hall–Kier alpha value is -1.91. The summed E-state index contributed by atoms with van der Waals surface area (Å²) in [6.45, 7) is 2.22. The standard InChI is InChI=1S/C17H18Cl2N2O2/c1-11(21-16-8-5-13(18)9-15(16)19)17(22)20-10-12-3-6-14(23-2)7-4-12/h3-9,11,21H,10H2,1-2H3,(H,20,22)/t11-/m1/s1. The Morgan fingerprint density at radius 2 is 1.87 bits per heavy atom. The number of rotatable bonds is 6. The summed E-state index contributed by atoms with van der Waals surface area (Å²) >= 11 is 11.9. The fraction of sp³-hybridized carbons (Fsp3) is 0.235. The van der Waals surface area contributed by atoms with Crippen molar-refractivity contribution in [3.05, 3.63) is 58.1 Å². The third-order valence-corrected chi connectivity index (χ3v) is 3.87. The first-order valence-electron chi connectivity index (χ1n) is 7.12. The molecule has 0 unspecified atom stereocenters. The molecule has 23 heavy (non-hydrogen) atoms. The van der Waals surface area contributed by atoms with Crippen molar-refractivity contribution in [1.82, 2.24) is 5.32 Å². The molecule has 0 saturated carbocycles. The first-order chi connectivity index (χ1) is 11.0. The SMILES string of the molecule is COc1ccc(CNC(=O)[C@@H](C)Nc2ccc(Cl)cc2Cl)cc1. The lowest BCUT2D eigenvalue weighted by molar-refractivity contribution is -0.121. The van der Waals surface area contributed by atoms with Crippen LogP contribution >= 0.6 is 23.2 Å². The summed E-state index contributed by atoms with van der Waals surface area (Å²) in [6.07, 6.45) is 0. The molecule has 0 fully saturated rings. The van der Waals surface area contributed by atoms with Crippen LogP contribution in [-0.4, -0.2) is 19.1 Å². The molecular weight excluding hydrogens is 335 g/mol. The summed E-state index contributed by atoms with van der Waals surface area (Å²) in [5, 5.41) is 6.98. The van der Waals surface area contributed by atoms with E-state index < -0.39 is 6.04 Å². The molecule has 0 aromatic heterocycles. The van der Waals surface area contributed by atoms with Crippen molar-refractivity contribution >= 4 is 34.8 Å². The van der Waals surface area contributed by atoms with Crippen molar-refractivity contribution < 1.29 is 9.53 Å². The normalized spacial score (nSPS) is 11.7. The Kier molecular flexibility index (Phi) is 6.13. The Bertz CT molecular complexity index is 675. The smallest absolute Gasteiger partial charge is 0.242 e. The van der Waals surface area contributed by atoms with Gasteiger partial charge in [-0.05, 0) is 42.8 Å². The monoisotopic (exact) mass is 352 g/mol. The third kappa shape index (κ3) is 5.05. The van der Waals surface area contributed by atoms with E-state index in [4.69, 9.17) is 27.9 Å². The molecule has 0 bridgehead atoms. The van der Waals surface area contributed by atoms with Gasteiger partial charge in [0.1, 0.15) is 11.8 Å². The first kappa shape index (κ1) is 17.4. The molecule has 6 heteroatoms. The molecule has 1 amide bonds. The maximum atomic E-state index is 12.2. The highest BCUT2D eigenvalue weighted by molar-refractivity contribution is 6.36. The second kappa shape index (κ2) is 8.09. The molecule has 0 saturated heterocycles. The summed E-state index contributed by atoms with van der Waals surface area (Å²) in [4.78, 5) is 12.2. The van der Waals surface area contributed by atoms with Crippen molar-refractivity contribution in [1.29, 1.82) is 0 Å². The van der Waals surface area contributed by atoms with Gasteiger partial charge in [-0.2, -0.15) is 0 Å². The number of anilines is 1. The highest BCUT2D eigenvalue weighted by atomic mass is 35.5. The van der Waals surface area contributed by atoms with Crippen molar-refractivity contribution in [2.75, 3.05) is 12.4 Å². The average molecular weight is 353 g/mol. The van der Waals surface area contributed by atoms with Gasteiger partial charge in [0.05, 0.1) is 17.8 Å². The third-order valence-electron chi connectivity index (χ3n) is 3.32. The largest absolute Gasteiger partial charge is 0.497 e. The molecular formula is C17H18Cl2N2O2. The second-order valence-corrected chi connectivity index (χ2v) is 5.90. The van der Waals surface area contributed by atoms with Gasteiger partial charge in [-0.25, -0.2) is 0 Å². The number of carbonyl (C=O) groups excluding carboxylic acids is 1. The number of hydrogen-bond acceptors (Lipinski definition) is 3. The molecule has 0 aliphatic rings. The van der Waals surface area contributed by atoms with Gasteiger partial charge in [-0.15, -0.1) is 0 Å². The van der Waals surface area contributed by atoms with Gasteiger partial charge in [0, 0.05) is 11.6 Å². The van der Waals surface area contributed by atoms with E-state index in [0.717, 1.165) is 11.3 Å². The van der Waals surface area contributed by atoms with E-state index in [9.17, 15) is 4.79 Å². The van der Waals surface area contributed by atoms with Crippen LogP contribution in [-0.2, 0) is 11.3 Å². The number of amides is 1. The van der Waals surface area contributed by atoms with Crippen LogP contribution in [0.15, 0.2) is 42.5 Å². The van der Waals surface area contributed by atoms with Crippen molar-refractivity contribution in [2.45, 2.75) is 19.5 Å². The zero-order valence-corrected chi connectivity index (χ0v) is 14.4. The predicted octanol–water partition coefficient (Wildman–Crippen LogP) is 4.12. The number of hydrogen-bond donors (Lipinski definition) is 2. The molecule has 2 aromatic carbocycles. The van der Waals surface area contributed by atoms with Crippen LogP contribution in [0.25, 0.3) is 0 Å². The number of nitrogens with one attached hydrogen (secondary N) is 2. The first-order valence-corrected chi connectivity index (χ1v) is 7.87. The molecule has 122 valence electrons. The minimum Gasteiger partial charge on any atom is -0.497 e. The zero-order chi connectivity index (χ0) is 16.8. The number of ether oxygens (including phenoxy) is 1. The molecule has 0 aliphatic heterocycles. The predicted molar refractivity (Wildman–Crippen MR) is 94.4 cm³/mol. The van der Waals surface area contributed by atoms with E-state index in [1.807, 2.05) is 24.3 Å². The van der Waals surface area contributed by atoms with E-state index in [2.05, 4.69) is 10.6 Å². The Balaban J connectivity index is 1.89. The average Bonchev–Trinajstić information content (AvgIpc) is 2.55. The molecule has 0 spiro atoms. The van der Waals surface area contributed by atoms with Crippen molar-refractivity contribution in [3.63, 3.8) is 0 Å². The summed E-state index contributed by atoms with van der Waals surface area (Å²) < 4.78 is 5.10. The maximum absolute atomic E-state index is 12.2. The van der Waals surface area contributed by atoms with Crippen LogP contribution in [0.1, 0.15) is 12.5 Å². The highest BCUT2D eigenvalue weighted by Crippen LogP contribution is 2.25. The molecule has 0 aliphatic carbocycles. The van der Waals surface area contributed by atoms with E-state index >= 15 is 0 Å². The van der Waals surface area contributed by atoms with E-state index in [-0.39, 0.29) is 5.91 Å². The van der Waals surface area contributed by atoms with E-state index in [0.29, 0.717) is 22.3 Å². The van der Waals surface area contributed by atoms with Crippen LogP contribution in [0.3, 0.4) is 0 Å². The highest BCUT2D eigenvalue weighted by Gasteiger charge is 2.13. The van der Waals surface area contributed by atoms with Crippen LogP contribution in [0.2, 0.25) is 10.0 Å². The van der Waals surface area contributed by atoms with Crippen molar-refractivity contribution in [2.24, 2.45) is 0 Å². The molecule has 1 atom stereocenters. The minimum atomic E-state index is -0.424. The lowest BCUT2D eigenvalue weighted by atomic mass is 10.2. The fourth-order valence-corrected chi connectivity index (χ4v) is 2.45. The van der Waals surface area contributed by atoms with E-state index in [1.54, 1.807) is 32.2 Å². The fourth-order valence-electron chi connectivity index (χ4n) is 1.99. The van der Waals surface area contributed by atoms with Crippen LogP contribution in [0.5, 0.6) is 5.75 Å². The molecule has 0 heterocycles. The quantitative estimate of drug-likeness (QED) is 0.821. The molecule has 0 radical (unpaired) electrons. The van der Waals surface area contributed by atoms with Gasteiger partial charge in [0.15, 0.2) is 0 Å². The number of halogens is 2. The Labute approximate surface area is 145 Å². The lowest BCUT2D eigenvalue weighted by Crippen LogP contribution is -2.37.